The van der Waals surface area contributed by atoms with Gasteiger partial charge in [0.2, 0.25) is 5.82 Å². The molecule has 25 heavy (non-hydrogen) atoms. The molecule has 0 saturated carbocycles. The van der Waals surface area contributed by atoms with Crippen LogP contribution in [-0.2, 0) is 5.41 Å². The first kappa shape index (κ1) is 18.2. The first-order valence-corrected chi connectivity index (χ1v) is 7.57. The Bertz CT molecular complexity index is 800. The number of hydrazine groups is 1. The van der Waals surface area contributed by atoms with Gasteiger partial charge in [-0.2, -0.15) is 5.26 Å². The van der Waals surface area contributed by atoms with Crippen LogP contribution in [0.2, 0.25) is 0 Å². The van der Waals surface area contributed by atoms with E-state index in [9.17, 15) is 4.79 Å². The number of nitrogens with zero attached hydrogens (tertiary/aromatic N) is 3. The summed E-state index contributed by atoms with van der Waals surface area (Å²) in [7, 11) is 1.56. The van der Waals surface area contributed by atoms with Crippen LogP contribution >= 0.6 is 0 Å². The summed E-state index contributed by atoms with van der Waals surface area (Å²) in [6.07, 6.45) is 1.52. The summed E-state index contributed by atoms with van der Waals surface area (Å²) in [6.45, 7) is 3.81. The number of nitriles is 1. The van der Waals surface area contributed by atoms with Crippen LogP contribution in [0.4, 0.5) is 4.79 Å². The molecular weight excluding hydrogens is 320 g/mol. The predicted molar refractivity (Wildman–Crippen MR) is 91.4 cm³/mol. The van der Waals surface area contributed by atoms with Gasteiger partial charge in [-0.1, -0.05) is 32.0 Å². The maximum atomic E-state index is 11.9. The molecule has 0 bridgehead atoms. The topological polar surface area (TPSA) is 126 Å². The van der Waals surface area contributed by atoms with Crippen LogP contribution in [0.1, 0.15) is 37.0 Å². The summed E-state index contributed by atoms with van der Waals surface area (Å²) in [4.78, 5) is 20.1. The van der Waals surface area contributed by atoms with Crippen molar-refractivity contribution in [2.45, 2.75) is 25.3 Å². The molecule has 4 N–H and O–H groups in total. The Morgan fingerprint density at radius 1 is 1.36 bits per heavy atom. The minimum Gasteiger partial charge on any atom is -0.496 e. The highest BCUT2D eigenvalue weighted by Crippen LogP contribution is 2.39. The van der Waals surface area contributed by atoms with Crippen LogP contribution < -0.4 is 21.3 Å². The second-order valence-electron chi connectivity index (χ2n) is 5.89. The molecule has 0 saturated heterocycles. The molecule has 0 fully saturated rings. The Labute approximate surface area is 146 Å². The number of para-hydroxylation sites is 1. The molecule has 0 radical (unpaired) electrons. The number of amides is 2. The molecule has 1 unspecified atom stereocenters. The van der Waals surface area contributed by atoms with Gasteiger partial charge >= 0.3 is 6.03 Å². The molecular formula is C17H20N6O2. The smallest absolute Gasteiger partial charge is 0.329 e. The normalized spacial score (nSPS) is 12.0. The lowest BCUT2D eigenvalue weighted by Crippen LogP contribution is -2.47. The zero-order valence-electron chi connectivity index (χ0n) is 14.3. The summed E-state index contributed by atoms with van der Waals surface area (Å²) in [5.74, 6) is 5.92. The summed E-state index contributed by atoms with van der Waals surface area (Å²) in [5.41, 5.74) is 2.75. The highest BCUT2D eigenvalue weighted by atomic mass is 16.5. The van der Waals surface area contributed by atoms with E-state index < -0.39 is 17.5 Å². The van der Waals surface area contributed by atoms with E-state index in [2.05, 4.69) is 20.7 Å². The molecule has 130 valence electrons. The van der Waals surface area contributed by atoms with Crippen LogP contribution in [0.25, 0.3) is 0 Å². The minimum atomic E-state index is -0.685. The van der Waals surface area contributed by atoms with E-state index in [0.717, 1.165) is 5.56 Å². The van der Waals surface area contributed by atoms with Gasteiger partial charge in [0, 0.05) is 17.2 Å². The number of urea groups is 1. The number of aromatic nitrogens is 2. The average molecular weight is 340 g/mol. The number of ether oxygens (including phenoxy) is 1. The van der Waals surface area contributed by atoms with Crippen LogP contribution in [-0.4, -0.2) is 23.1 Å². The van der Waals surface area contributed by atoms with Crippen molar-refractivity contribution in [1.82, 2.24) is 20.7 Å². The highest BCUT2D eigenvalue weighted by molar-refractivity contribution is 5.74. The Morgan fingerprint density at radius 3 is 2.72 bits per heavy atom. The van der Waals surface area contributed by atoms with E-state index in [4.69, 9.17) is 15.8 Å². The zero-order chi connectivity index (χ0) is 18.4. The van der Waals surface area contributed by atoms with Crippen molar-refractivity contribution in [2.75, 3.05) is 7.11 Å². The second-order valence-corrected chi connectivity index (χ2v) is 5.89. The van der Waals surface area contributed by atoms with Crippen molar-refractivity contribution >= 4 is 6.03 Å². The molecule has 0 aliphatic rings. The Morgan fingerprint density at radius 2 is 2.08 bits per heavy atom. The molecule has 0 aliphatic carbocycles. The molecule has 0 aliphatic heterocycles. The standard InChI is InChI=1S/C17H20N6O2/c1-17(2,13-8-9-20-14(10-18)21-13)15(22-16(24)23-19)11-6-4-5-7-12(11)25-3/h4-9,15H,19H2,1-3H3,(H2,22,23,24). The van der Waals surface area contributed by atoms with Crippen LogP contribution in [0.5, 0.6) is 5.75 Å². The third-order valence-corrected chi connectivity index (χ3v) is 3.99. The number of nitrogens with two attached hydrogens (primary N) is 1. The lowest BCUT2D eigenvalue weighted by molar-refractivity contribution is 0.228. The Balaban J connectivity index is 2.57. The number of rotatable bonds is 5. The van der Waals surface area contributed by atoms with E-state index in [1.165, 1.54) is 6.20 Å². The van der Waals surface area contributed by atoms with E-state index in [1.54, 1.807) is 19.2 Å². The predicted octanol–water partition coefficient (Wildman–Crippen LogP) is 1.55. The molecule has 8 heteroatoms. The van der Waals surface area contributed by atoms with Gasteiger partial charge in [0.15, 0.2) is 0 Å². The lowest BCUT2D eigenvalue weighted by atomic mass is 9.77. The number of hydrogen-bond donors (Lipinski definition) is 3. The van der Waals surface area contributed by atoms with Gasteiger partial charge < -0.3 is 10.1 Å². The summed E-state index contributed by atoms with van der Waals surface area (Å²) in [5, 5.41) is 11.9. The molecule has 1 aromatic carbocycles. The number of benzene rings is 1. The third kappa shape index (κ3) is 3.84. The fourth-order valence-corrected chi connectivity index (χ4v) is 2.64. The largest absolute Gasteiger partial charge is 0.496 e. The molecule has 8 nitrogen and oxygen atoms in total. The van der Waals surface area contributed by atoms with Gasteiger partial charge in [0.05, 0.1) is 18.8 Å². The quantitative estimate of drug-likeness (QED) is 0.431. The number of methoxy groups -OCH3 is 1. The van der Waals surface area contributed by atoms with Crippen molar-refractivity contribution < 1.29 is 9.53 Å². The first-order chi connectivity index (χ1) is 11.9. The SMILES string of the molecule is COc1ccccc1C(NC(=O)NN)C(C)(C)c1ccnc(C#N)n1. The summed E-state index contributed by atoms with van der Waals surface area (Å²) < 4.78 is 5.43. The maximum absolute atomic E-state index is 11.9. The number of carbonyl (C=O) groups excluding carboxylic acids is 1. The van der Waals surface area contributed by atoms with Crippen LogP contribution in [0.15, 0.2) is 36.5 Å². The number of hydrogen-bond acceptors (Lipinski definition) is 6. The average Bonchev–Trinajstić information content (AvgIpc) is 2.65. The maximum Gasteiger partial charge on any atom is 0.329 e. The van der Waals surface area contributed by atoms with Gasteiger partial charge in [0.25, 0.3) is 0 Å². The van der Waals surface area contributed by atoms with Crippen molar-refractivity contribution in [2.24, 2.45) is 5.84 Å². The van der Waals surface area contributed by atoms with E-state index >= 15 is 0 Å². The molecule has 2 amide bonds. The minimum absolute atomic E-state index is 0.0626. The molecule has 1 atom stereocenters. The van der Waals surface area contributed by atoms with Crippen LogP contribution in [0, 0.1) is 11.3 Å². The summed E-state index contributed by atoms with van der Waals surface area (Å²) in [6, 6.07) is 9.93. The lowest BCUT2D eigenvalue weighted by Gasteiger charge is -2.35. The fourth-order valence-electron chi connectivity index (χ4n) is 2.64. The van der Waals surface area contributed by atoms with Crippen molar-refractivity contribution in [1.29, 1.82) is 5.26 Å². The Hall–Kier alpha value is -3.18. The van der Waals surface area contributed by atoms with Crippen molar-refractivity contribution in [3.8, 4) is 11.8 Å². The van der Waals surface area contributed by atoms with Crippen molar-refractivity contribution in [3.63, 3.8) is 0 Å². The molecule has 2 aromatic rings. The monoisotopic (exact) mass is 340 g/mol. The first-order valence-electron chi connectivity index (χ1n) is 7.57. The Kier molecular flexibility index (Phi) is 5.52. The molecule has 2 rings (SSSR count). The van der Waals surface area contributed by atoms with Gasteiger partial charge in [-0.05, 0) is 12.1 Å². The van der Waals surface area contributed by atoms with E-state index in [1.807, 2.05) is 38.1 Å². The number of nitrogens with one attached hydrogen (secondary N) is 2. The fraction of sp³-hybridized carbons (Fsp3) is 0.294. The second kappa shape index (κ2) is 7.59. The molecule has 0 spiro atoms. The van der Waals surface area contributed by atoms with Gasteiger partial charge in [-0.25, -0.2) is 20.6 Å². The number of carbonyl (C=O) groups is 1. The van der Waals surface area contributed by atoms with Gasteiger partial charge in [0.1, 0.15) is 11.8 Å². The van der Waals surface area contributed by atoms with Gasteiger partial charge in [-0.3, -0.25) is 5.43 Å². The highest BCUT2D eigenvalue weighted by Gasteiger charge is 2.37. The van der Waals surface area contributed by atoms with Crippen LogP contribution in [0.3, 0.4) is 0 Å². The zero-order valence-corrected chi connectivity index (χ0v) is 14.3. The van der Waals surface area contributed by atoms with Crippen molar-refractivity contribution in [3.05, 3.63) is 53.6 Å². The van der Waals surface area contributed by atoms with E-state index in [0.29, 0.717) is 11.4 Å². The van der Waals surface area contributed by atoms with Gasteiger partial charge in [-0.15, -0.1) is 0 Å². The summed E-state index contributed by atoms with van der Waals surface area (Å²) >= 11 is 0. The van der Waals surface area contributed by atoms with E-state index in [-0.39, 0.29) is 5.82 Å². The third-order valence-electron chi connectivity index (χ3n) is 3.99. The molecule has 1 heterocycles. The molecule has 1 aromatic heterocycles.